The number of carbonyl (C=O) groups excluding carboxylic acids is 1. The van der Waals surface area contributed by atoms with E-state index >= 15 is 0 Å². The molecule has 1 unspecified atom stereocenters. The van der Waals surface area contributed by atoms with Gasteiger partial charge in [0, 0.05) is 18.2 Å². The summed E-state index contributed by atoms with van der Waals surface area (Å²) in [4.78, 5) is 19.2. The van der Waals surface area contributed by atoms with Crippen LogP contribution in [0.5, 0.6) is 11.5 Å². The molecule has 12 heteroatoms. The highest BCUT2D eigenvalue weighted by Crippen LogP contribution is 2.39. The van der Waals surface area contributed by atoms with Crippen molar-refractivity contribution in [2.24, 2.45) is 4.99 Å². The second-order valence-corrected chi connectivity index (χ2v) is 9.92. The molecule has 0 saturated carbocycles. The second-order valence-electron chi connectivity index (χ2n) is 8.91. The van der Waals surface area contributed by atoms with Gasteiger partial charge in [-0.05, 0) is 73.9 Å². The first-order chi connectivity index (χ1) is 17.9. The Kier molecular flexibility index (Phi) is 8.01. The number of rotatable bonds is 5. The fourth-order valence-corrected chi connectivity index (χ4v) is 5.29. The summed E-state index contributed by atoms with van der Waals surface area (Å²) in [6.07, 6.45) is -5.07. The first-order valence-corrected chi connectivity index (χ1v) is 12.6. The van der Waals surface area contributed by atoms with Crippen LogP contribution in [0.4, 0.5) is 26.3 Å². The van der Waals surface area contributed by atoms with Crippen molar-refractivity contribution in [3.63, 3.8) is 0 Å². The monoisotopic (exact) mass is 558 g/mol. The number of amidine groups is 1. The molecule has 5 nitrogen and oxygen atoms in total. The normalized spacial score (nSPS) is 19.6. The zero-order valence-corrected chi connectivity index (χ0v) is 21.3. The Morgan fingerprint density at radius 1 is 1.05 bits per heavy atom. The molecule has 1 saturated heterocycles. The molecule has 1 fully saturated rings. The Morgan fingerprint density at radius 2 is 1.82 bits per heavy atom. The molecule has 1 atom stereocenters. The Hall–Kier alpha value is -3.15. The van der Waals surface area contributed by atoms with Gasteiger partial charge in [-0.3, -0.25) is 4.79 Å². The molecule has 38 heavy (non-hydrogen) atoms. The van der Waals surface area contributed by atoms with Crippen molar-refractivity contribution in [1.29, 1.82) is 0 Å². The van der Waals surface area contributed by atoms with Crippen LogP contribution in [0.25, 0.3) is 6.08 Å². The highest BCUT2D eigenvalue weighted by atomic mass is 32.2. The third-order valence-electron chi connectivity index (χ3n) is 6.27. The van der Waals surface area contributed by atoms with Crippen LogP contribution in [-0.2, 0) is 23.8 Å². The van der Waals surface area contributed by atoms with Gasteiger partial charge >= 0.3 is 12.4 Å². The second kappa shape index (κ2) is 10.9. The summed E-state index contributed by atoms with van der Waals surface area (Å²) in [6, 6.07) is 6.30. The van der Waals surface area contributed by atoms with E-state index in [-0.39, 0.29) is 23.5 Å². The van der Waals surface area contributed by atoms with Gasteiger partial charge in [-0.1, -0.05) is 12.1 Å². The number of aliphatic imine (C=N–C) groups is 1. The first-order valence-electron chi connectivity index (χ1n) is 11.7. The average Bonchev–Trinajstić information content (AvgIpc) is 3.21. The minimum atomic E-state index is -5.00. The SMILES string of the molecule is COc1cc(/C=C2/SC(N3CCCCC3C)=NC2=O)ccc1OCc1ccc(C(F)(F)F)cc1C(F)(F)F. The number of piperidine rings is 1. The highest BCUT2D eigenvalue weighted by Gasteiger charge is 2.38. The van der Waals surface area contributed by atoms with Gasteiger partial charge < -0.3 is 14.4 Å². The number of benzene rings is 2. The third kappa shape index (κ3) is 6.28. The Morgan fingerprint density at radius 3 is 2.47 bits per heavy atom. The Labute approximate surface area is 219 Å². The van der Waals surface area contributed by atoms with Gasteiger partial charge in [0.15, 0.2) is 16.7 Å². The number of hydrogen-bond donors (Lipinski definition) is 0. The zero-order chi connectivity index (χ0) is 27.7. The maximum atomic E-state index is 13.4. The number of amides is 1. The fourth-order valence-electron chi connectivity index (χ4n) is 4.25. The molecule has 2 aromatic rings. The summed E-state index contributed by atoms with van der Waals surface area (Å²) in [5.74, 6) is -0.0859. The van der Waals surface area contributed by atoms with Crippen LogP contribution in [0.3, 0.4) is 0 Å². The van der Waals surface area contributed by atoms with Crippen LogP contribution in [-0.4, -0.2) is 35.7 Å². The Balaban J connectivity index is 1.50. The molecule has 4 rings (SSSR count). The lowest BCUT2D eigenvalue weighted by Crippen LogP contribution is -2.40. The minimum Gasteiger partial charge on any atom is -0.493 e. The lowest BCUT2D eigenvalue weighted by Gasteiger charge is -2.34. The van der Waals surface area contributed by atoms with Crippen molar-refractivity contribution in [3.05, 3.63) is 63.6 Å². The molecular formula is C26H24F6N2O3S. The number of hydrogen-bond acceptors (Lipinski definition) is 5. The predicted molar refractivity (Wildman–Crippen MR) is 132 cm³/mol. The number of alkyl halides is 6. The van der Waals surface area contributed by atoms with Gasteiger partial charge in [-0.2, -0.15) is 31.3 Å². The minimum absolute atomic E-state index is 0.0719. The van der Waals surface area contributed by atoms with E-state index in [0.29, 0.717) is 27.7 Å². The van der Waals surface area contributed by atoms with E-state index < -0.39 is 35.6 Å². The summed E-state index contributed by atoms with van der Waals surface area (Å²) in [6.45, 7) is 2.30. The zero-order valence-electron chi connectivity index (χ0n) is 20.4. The van der Waals surface area contributed by atoms with Gasteiger partial charge in [0.25, 0.3) is 5.91 Å². The molecule has 0 aromatic heterocycles. The number of nitrogens with zero attached hydrogens (tertiary/aromatic N) is 2. The molecule has 204 valence electrons. The molecule has 1 amide bonds. The lowest BCUT2D eigenvalue weighted by molar-refractivity contribution is -0.143. The summed E-state index contributed by atoms with van der Waals surface area (Å²) >= 11 is 1.28. The number of ether oxygens (including phenoxy) is 2. The van der Waals surface area contributed by atoms with Crippen LogP contribution in [0, 0.1) is 0 Å². The lowest BCUT2D eigenvalue weighted by atomic mass is 10.0. The van der Waals surface area contributed by atoms with Gasteiger partial charge in [0.05, 0.1) is 23.1 Å². The van der Waals surface area contributed by atoms with E-state index in [1.807, 2.05) is 0 Å². The molecule has 0 spiro atoms. The van der Waals surface area contributed by atoms with Crippen molar-refractivity contribution >= 4 is 28.9 Å². The molecule has 2 aliphatic heterocycles. The van der Waals surface area contributed by atoms with Gasteiger partial charge in [-0.15, -0.1) is 0 Å². The van der Waals surface area contributed by atoms with Crippen LogP contribution < -0.4 is 9.47 Å². The maximum Gasteiger partial charge on any atom is 0.416 e. The molecule has 0 radical (unpaired) electrons. The number of likely N-dealkylation sites (tertiary alicyclic amines) is 1. The first kappa shape index (κ1) is 27.9. The van der Waals surface area contributed by atoms with Crippen LogP contribution in [0.1, 0.15) is 48.4 Å². The molecule has 2 heterocycles. The molecular weight excluding hydrogens is 534 g/mol. The largest absolute Gasteiger partial charge is 0.493 e. The summed E-state index contributed by atoms with van der Waals surface area (Å²) in [5.41, 5.74) is -2.70. The van der Waals surface area contributed by atoms with Crippen molar-refractivity contribution in [2.75, 3.05) is 13.7 Å². The maximum absolute atomic E-state index is 13.4. The highest BCUT2D eigenvalue weighted by molar-refractivity contribution is 8.18. The predicted octanol–water partition coefficient (Wildman–Crippen LogP) is 7.16. The smallest absolute Gasteiger partial charge is 0.416 e. The van der Waals surface area contributed by atoms with Crippen molar-refractivity contribution < 1.29 is 40.6 Å². The van der Waals surface area contributed by atoms with Crippen molar-refractivity contribution in [2.45, 2.75) is 51.2 Å². The molecule has 0 bridgehead atoms. The summed E-state index contributed by atoms with van der Waals surface area (Å²) < 4.78 is 89.9. The van der Waals surface area contributed by atoms with E-state index in [2.05, 4.69) is 16.8 Å². The number of halogens is 6. The van der Waals surface area contributed by atoms with Crippen molar-refractivity contribution in [3.8, 4) is 11.5 Å². The van der Waals surface area contributed by atoms with Gasteiger partial charge in [-0.25, -0.2) is 0 Å². The van der Waals surface area contributed by atoms with Crippen LogP contribution in [0.15, 0.2) is 46.3 Å². The van der Waals surface area contributed by atoms with E-state index in [9.17, 15) is 31.1 Å². The third-order valence-corrected chi connectivity index (χ3v) is 7.29. The van der Waals surface area contributed by atoms with E-state index in [0.717, 1.165) is 31.9 Å². The Bertz CT molecular complexity index is 1270. The topological polar surface area (TPSA) is 51.1 Å². The summed E-state index contributed by atoms with van der Waals surface area (Å²) in [5, 5.41) is 0.664. The number of carbonyl (C=O) groups is 1. The molecule has 2 aliphatic rings. The molecule has 0 N–H and O–H groups in total. The number of thioether (sulfide) groups is 1. The quantitative estimate of drug-likeness (QED) is 0.288. The number of methoxy groups -OCH3 is 1. The van der Waals surface area contributed by atoms with Crippen molar-refractivity contribution in [1.82, 2.24) is 4.90 Å². The van der Waals surface area contributed by atoms with E-state index in [1.165, 1.54) is 24.9 Å². The molecule has 2 aromatic carbocycles. The average molecular weight is 559 g/mol. The van der Waals surface area contributed by atoms with Crippen LogP contribution >= 0.6 is 11.8 Å². The van der Waals surface area contributed by atoms with E-state index in [4.69, 9.17) is 9.47 Å². The standard InChI is InChI=1S/C26H24F6N2O3S/c1-15-5-3-4-10-34(15)24-33-23(35)22(38-24)12-16-6-9-20(21(11-16)36-2)37-14-17-7-8-18(25(27,28)29)13-19(17)26(30,31)32/h6-9,11-13,15H,3-5,10,14H2,1-2H3/b22-12+. The molecule has 0 aliphatic carbocycles. The van der Waals surface area contributed by atoms with Gasteiger partial charge in [0.2, 0.25) is 0 Å². The fraction of sp³-hybridized carbons (Fsp3) is 0.385. The summed E-state index contributed by atoms with van der Waals surface area (Å²) in [7, 11) is 1.34. The van der Waals surface area contributed by atoms with Crippen LogP contribution in [0.2, 0.25) is 0 Å². The van der Waals surface area contributed by atoms with E-state index in [1.54, 1.807) is 18.2 Å². The van der Waals surface area contributed by atoms with Gasteiger partial charge in [0.1, 0.15) is 6.61 Å².